The van der Waals surface area contributed by atoms with Crippen LogP contribution in [0.15, 0.2) is 40.8 Å². The van der Waals surface area contributed by atoms with E-state index in [1.54, 1.807) is 19.2 Å². The number of rotatable bonds is 5. The zero-order valence-corrected chi connectivity index (χ0v) is 11.8. The van der Waals surface area contributed by atoms with Crippen molar-refractivity contribution in [3.8, 4) is 0 Å². The van der Waals surface area contributed by atoms with Crippen LogP contribution < -0.4 is 10.2 Å². The van der Waals surface area contributed by atoms with E-state index in [0.717, 1.165) is 11.4 Å². The third-order valence-corrected chi connectivity index (χ3v) is 2.81. The Morgan fingerprint density at radius 3 is 2.70 bits per heavy atom. The molecule has 0 saturated heterocycles. The first-order valence-electron chi connectivity index (χ1n) is 6.27. The summed E-state index contributed by atoms with van der Waals surface area (Å²) in [5, 5.41) is 2.85. The van der Waals surface area contributed by atoms with Crippen LogP contribution in [-0.2, 0) is 11.3 Å². The number of nitrogens with one attached hydrogen (secondary N) is 1. The number of hydrogen-bond donors (Lipinski definition) is 1. The summed E-state index contributed by atoms with van der Waals surface area (Å²) in [6, 6.07) is 11.0. The van der Waals surface area contributed by atoms with Gasteiger partial charge in [0, 0.05) is 21.2 Å². The number of hydrogen-bond acceptors (Lipinski definition) is 4. The van der Waals surface area contributed by atoms with Crippen LogP contribution in [0.1, 0.15) is 16.3 Å². The van der Waals surface area contributed by atoms with Gasteiger partial charge in [-0.2, -0.15) is 0 Å². The largest absolute Gasteiger partial charge is 0.453 e. The molecule has 0 spiro atoms. The fourth-order valence-corrected chi connectivity index (χ4v) is 1.87. The summed E-state index contributed by atoms with van der Waals surface area (Å²) >= 11 is 0. The molecular formula is C15H18N2O3. The van der Waals surface area contributed by atoms with Gasteiger partial charge in [-0.1, -0.05) is 12.1 Å². The normalized spacial score (nSPS) is 10.3. The molecule has 0 aliphatic heterocycles. The molecule has 0 aliphatic carbocycles. The lowest BCUT2D eigenvalue weighted by atomic mass is 10.2. The van der Waals surface area contributed by atoms with Crippen molar-refractivity contribution >= 4 is 17.3 Å². The quantitative estimate of drug-likeness (QED) is 0.911. The van der Waals surface area contributed by atoms with E-state index in [9.17, 15) is 4.79 Å². The first kappa shape index (κ1) is 14.1. The standard InChI is InChI=1S/C15H18N2O3/c1-17(2)13-7-5-4-6-12(13)16-15(18)14-9-8-11(20-14)10-19-3/h4-9H,10H2,1-3H3,(H,16,18). The molecule has 1 aromatic heterocycles. The molecule has 5 nitrogen and oxygen atoms in total. The van der Waals surface area contributed by atoms with Gasteiger partial charge in [0.2, 0.25) is 0 Å². The number of furan rings is 1. The third-order valence-electron chi connectivity index (χ3n) is 2.81. The van der Waals surface area contributed by atoms with Gasteiger partial charge in [-0.3, -0.25) is 4.79 Å². The molecular weight excluding hydrogens is 256 g/mol. The molecule has 0 aliphatic rings. The van der Waals surface area contributed by atoms with Crippen LogP contribution in [0.5, 0.6) is 0 Å². The third kappa shape index (κ3) is 3.19. The smallest absolute Gasteiger partial charge is 0.291 e. The molecule has 0 fully saturated rings. The van der Waals surface area contributed by atoms with Crippen molar-refractivity contribution in [3.63, 3.8) is 0 Å². The summed E-state index contributed by atoms with van der Waals surface area (Å²) in [5.74, 6) is 0.616. The zero-order chi connectivity index (χ0) is 14.5. The van der Waals surface area contributed by atoms with Gasteiger partial charge in [-0.25, -0.2) is 0 Å². The van der Waals surface area contributed by atoms with Crippen molar-refractivity contribution in [2.45, 2.75) is 6.61 Å². The number of anilines is 2. The first-order valence-corrected chi connectivity index (χ1v) is 6.27. The maximum atomic E-state index is 12.1. The van der Waals surface area contributed by atoms with Crippen molar-refractivity contribution in [3.05, 3.63) is 47.9 Å². The van der Waals surface area contributed by atoms with Gasteiger partial charge in [0.15, 0.2) is 5.76 Å². The average Bonchev–Trinajstić information content (AvgIpc) is 2.88. The summed E-state index contributed by atoms with van der Waals surface area (Å²) in [6.45, 7) is 0.349. The Bertz CT molecular complexity index is 590. The maximum absolute atomic E-state index is 12.1. The van der Waals surface area contributed by atoms with Crippen molar-refractivity contribution in [1.82, 2.24) is 0 Å². The van der Waals surface area contributed by atoms with Crippen molar-refractivity contribution in [2.75, 3.05) is 31.4 Å². The van der Waals surface area contributed by atoms with E-state index in [1.165, 1.54) is 0 Å². The SMILES string of the molecule is COCc1ccc(C(=O)Nc2ccccc2N(C)C)o1. The van der Waals surface area contributed by atoms with Gasteiger partial charge < -0.3 is 19.4 Å². The highest BCUT2D eigenvalue weighted by atomic mass is 16.5. The average molecular weight is 274 g/mol. The minimum absolute atomic E-state index is 0.269. The van der Waals surface area contributed by atoms with Crippen LogP contribution in [0.3, 0.4) is 0 Å². The highest BCUT2D eigenvalue weighted by Crippen LogP contribution is 2.24. The molecule has 106 valence electrons. The number of methoxy groups -OCH3 is 1. The molecule has 20 heavy (non-hydrogen) atoms. The Labute approximate surface area is 118 Å². The second-order valence-corrected chi connectivity index (χ2v) is 4.56. The van der Waals surface area contributed by atoms with E-state index >= 15 is 0 Å². The monoisotopic (exact) mass is 274 g/mol. The predicted molar refractivity (Wildman–Crippen MR) is 78.1 cm³/mol. The molecule has 0 saturated carbocycles. The van der Waals surface area contributed by atoms with E-state index in [-0.39, 0.29) is 11.7 Å². The van der Waals surface area contributed by atoms with Gasteiger partial charge in [-0.15, -0.1) is 0 Å². The Balaban J connectivity index is 2.15. The van der Waals surface area contributed by atoms with Crippen molar-refractivity contribution in [2.24, 2.45) is 0 Å². The summed E-state index contributed by atoms with van der Waals surface area (Å²) < 4.78 is 10.4. The molecule has 5 heteroatoms. The van der Waals surface area contributed by atoms with E-state index in [1.807, 2.05) is 43.3 Å². The van der Waals surface area contributed by atoms with E-state index in [0.29, 0.717) is 12.4 Å². The topological polar surface area (TPSA) is 54.7 Å². The van der Waals surface area contributed by atoms with E-state index in [2.05, 4.69) is 5.32 Å². The number of carbonyl (C=O) groups excluding carboxylic acids is 1. The van der Waals surface area contributed by atoms with Gasteiger partial charge >= 0.3 is 0 Å². The van der Waals surface area contributed by atoms with Crippen LogP contribution in [0.2, 0.25) is 0 Å². The molecule has 1 amide bonds. The molecule has 2 rings (SSSR count). The number of benzene rings is 1. The van der Waals surface area contributed by atoms with Gasteiger partial charge in [0.1, 0.15) is 12.4 Å². The maximum Gasteiger partial charge on any atom is 0.291 e. The molecule has 2 aromatic rings. The van der Waals surface area contributed by atoms with Gasteiger partial charge in [0.05, 0.1) is 11.4 Å². The fraction of sp³-hybridized carbons (Fsp3) is 0.267. The van der Waals surface area contributed by atoms with E-state index < -0.39 is 0 Å². The van der Waals surface area contributed by atoms with E-state index in [4.69, 9.17) is 9.15 Å². The minimum Gasteiger partial charge on any atom is -0.453 e. The number of nitrogens with zero attached hydrogens (tertiary/aromatic N) is 1. The van der Waals surface area contributed by atoms with Crippen LogP contribution in [0.25, 0.3) is 0 Å². The van der Waals surface area contributed by atoms with Crippen LogP contribution in [-0.4, -0.2) is 27.1 Å². The van der Waals surface area contributed by atoms with Gasteiger partial charge in [-0.05, 0) is 24.3 Å². The number of para-hydroxylation sites is 2. The summed E-state index contributed by atoms with van der Waals surface area (Å²) in [5.41, 5.74) is 1.68. The second-order valence-electron chi connectivity index (χ2n) is 4.56. The molecule has 0 unspecified atom stereocenters. The lowest BCUT2D eigenvalue weighted by Gasteiger charge is -2.17. The van der Waals surface area contributed by atoms with Gasteiger partial charge in [0.25, 0.3) is 5.91 Å². The summed E-state index contributed by atoms with van der Waals surface area (Å²) in [4.78, 5) is 14.1. The minimum atomic E-state index is -0.276. The first-order chi connectivity index (χ1) is 9.61. The number of amides is 1. The molecule has 1 heterocycles. The molecule has 1 aromatic carbocycles. The van der Waals surface area contributed by atoms with Crippen molar-refractivity contribution in [1.29, 1.82) is 0 Å². The number of ether oxygens (including phenoxy) is 1. The van der Waals surface area contributed by atoms with Crippen LogP contribution in [0, 0.1) is 0 Å². The fourth-order valence-electron chi connectivity index (χ4n) is 1.87. The Hall–Kier alpha value is -2.27. The molecule has 0 radical (unpaired) electrons. The highest BCUT2D eigenvalue weighted by molar-refractivity contribution is 6.04. The Morgan fingerprint density at radius 2 is 2.00 bits per heavy atom. The summed E-state index contributed by atoms with van der Waals surface area (Å²) in [7, 11) is 5.43. The highest BCUT2D eigenvalue weighted by Gasteiger charge is 2.13. The number of carbonyl (C=O) groups is 1. The van der Waals surface area contributed by atoms with Crippen LogP contribution >= 0.6 is 0 Å². The Kier molecular flexibility index (Phi) is 4.42. The predicted octanol–water partition coefficient (Wildman–Crippen LogP) is 2.74. The van der Waals surface area contributed by atoms with Crippen LogP contribution in [0.4, 0.5) is 11.4 Å². The molecule has 0 atom stereocenters. The summed E-state index contributed by atoms with van der Waals surface area (Å²) in [6.07, 6.45) is 0. The molecule has 0 bridgehead atoms. The zero-order valence-electron chi connectivity index (χ0n) is 11.8. The second kappa shape index (κ2) is 6.25. The lowest BCUT2D eigenvalue weighted by Crippen LogP contribution is -2.16. The lowest BCUT2D eigenvalue weighted by molar-refractivity contribution is 0.0987. The molecule has 1 N–H and O–H groups in total. The Morgan fingerprint density at radius 1 is 1.25 bits per heavy atom. The van der Waals surface area contributed by atoms with Crippen molar-refractivity contribution < 1.29 is 13.9 Å².